The van der Waals surface area contributed by atoms with Crippen LogP contribution in [-0.2, 0) is 9.59 Å². The van der Waals surface area contributed by atoms with Gasteiger partial charge in [-0.3, -0.25) is 14.5 Å². The van der Waals surface area contributed by atoms with E-state index in [-0.39, 0.29) is 30.2 Å². The second-order valence-corrected chi connectivity index (χ2v) is 6.94. The molecular formula is C18H24FN3O3. The number of carbonyl (C=O) groups excluding carboxylic acids is 3. The average Bonchev–Trinajstić information content (AvgIpc) is 2.81. The molecule has 1 heterocycles. The van der Waals surface area contributed by atoms with Gasteiger partial charge in [0.25, 0.3) is 5.91 Å². The third-order valence-electron chi connectivity index (χ3n) is 4.24. The number of nitrogens with zero attached hydrogens (tertiary/aromatic N) is 1. The van der Waals surface area contributed by atoms with Crippen molar-refractivity contribution < 1.29 is 18.8 Å². The summed E-state index contributed by atoms with van der Waals surface area (Å²) >= 11 is 0. The van der Waals surface area contributed by atoms with Gasteiger partial charge in [0.15, 0.2) is 0 Å². The molecule has 0 saturated carbocycles. The van der Waals surface area contributed by atoms with Gasteiger partial charge in [0, 0.05) is 0 Å². The average molecular weight is 349 g/mol. The molecule has 1 aliphatic heterocycles. The van der Waals surface area contributed by atoms with E-state index in [0.29, 0.717) is 0 Å². The Hall–Kier alpha value is -2.44. The third-order valence-corrected chi connectivity index (χ3v) is 4.24. The zero-order chi connectivity index (χ0) is 18.7. The molecule has 0 radical (unpaired) electrons. The van der Waals surface area contributed by atoms with E-state index in [4.69, 9.17) is 0 Å². The highest BCUT2D eigenvalue weighted by Crippen LogP contribution is 2.22. The molecule has 1 fully saturated rings. The van der Waals surface area contributed by atoms with Gasteiger partial charge in [-0.2, -0.15) is 0 Å². The molecule has 1 aromatic rings. The van der Waals surface area contributed by atoms with Crippen molar-refractivity contribution in [3.8, 4) is 0 Å². The molecular weight excluding hydrogens is 325 g/mol. The van der Waals surface area contributed by atoms with Gasteiger partial charge in [-0.15, -0.1) is 0 Å². The molecule has 2 rings (SSSR count). The van der Waals surface area contributed by atoms with Gasteiger partial charge in [-0.05, 0) is 29.5 Å². The van der Waals surface area contributed by atoms with Crippen molar-refractivity contribution in [2.75, 3.05) is 6.54 Å². The summed E-state index contributed by atoms with van der Waals surface area (Å²) in [5, 5.41) is 5.42. The Bertz CT molecular complexity index is 658. The standard InChI is InChI=1S/C18H24FN3O3/c1-10(2)15(12-5-7-13(19)8-6-12)20-14(23)9-22-17(24)16(11(3)4)21-18(22)25/h5-8,10-11,15-16H,9H2,1-4H3,(H,20,23)(H,21,25). The van der Waals surface area contributed by atoms with Gasteiger partial charge >= 0.3 is 6.03 Å². The summed E-state index contributed by atoms with van der Waals surface area (Å²) < 4.78 is 13.1. The Morgan fingerprint density at radius 1 is 1.20 bits per heavy atom. The topological polar surface area (TPSA) is 78.5 Å². The largest absolute Gasteiger partial charge is 0.347 e. The lowest BCUT2D eigenvalue weighted by Crippen LogP contribution is -2.43. The number of nitrogens with one attached hydrogen (secondary N) is 2. The summed E-state index contributed by atoms with van der Waals surface area (Å²) in [5.41, 5.74) is 0.766. The van der Waals surface area contributed by atoms with Crippen LogP contribution in [0.25, 0.3) is 0 Å². The molecule has 2 atom stereocenters. The zero-order valence-electron chi connectivity index (χ0n) is 14.9. The maximum atomic E-state index is 13.1. The molecule has 1 aliphatic rings. The number of imide groups is 1. The van der Waals surface area contributed by atoms with E-state index in [2.05, 4.69) is 10.6 Å². The maximum Gasteiger partial charge on any atom is 0.325 e. The quantitative estimate of drug-likeness (QED) is 0.773. The summed E-state index contributed by atoms with van der Waals surface area (Å²) in [6.07, 6.45) is 0. The first-order valence-electron chi connectivity index (χ1n) is 8.37. The van der Waals surface area contributed by atoms with Crippen molar-refractivity contribution in [2.45, 2.75) is 39.8 Å². The lowest BCUT2D eigenvalue weighted by atomic mass is 9.96. The predicted octanol–water partition coefficient (Wildman–Crippen LogP) is 2.22. The fourth-order valence-electron chi connectivity index (χ4n) is 2.81. The Labute approximate surface area is 146 Å². The molecule has 1 saturated heterocycles. The SMILES string of the molecule is CC(C)C1NC(=O)N(CC(=O)NC(c2ccc(F)cc2)C(C)C)C1=O. The lowest BCUT2D eigenvalue weighted by molar-refractivity contribution is -0.133. The van der Waals surface area contributed by atoms with Gasteiger partial charge < -0.3 is 10.6 Å². The highest BCUT2D eigenvalue weighted by atomic mass is 19.1. The number of carbonyl (C=O) groups is 3. The number of rotatable bonds is 6. The molecule has 1 aromatic carbocycles. The number of halogens is 1. The van der Waals surface area contributed by atoms with Crippen molar-refractivity contribution in [1.29, 1.82) is 0 Å². The van der Waals surface area contributed by atoms with E-state index in [1.807, 2.05) is 27.7 Å². The first-order chi connectivity index (χ1) is 11.7. The summed E-state index contributed by atoms with van der Waals surface area (Å²) in [6, 6.07) is 4.41. The molecule has 0 spiro atoms. The van der Waals surface area contributed by atoms with Gasteiger partial charge in [0.05, 0.1) is 6.04 Å². The number of urea groups is 1. The summed E-state index contributed by atoms with van der Waals surface area (Å²) in [5.74, 6) is -1.17. The number of benzene rings is 1. The van der Waals surface area contributed by atoms with Gasteiger partial charge in [-0.25, -0.2) is 9.18 Å². The number of hydrogen-bond acceptors (Lipinski definition) is 3. The molecule has 0 aromatic heterocycles. The normalized spacial score (nSPS) is 18.7. The van der Waals surface area contributed by atoms with Crippen LogP contribution >= 0.6 is 0 Å². The van der Waals surface area contributed by atoms with E-state index in [1.54, 1.807) is 12.1 Å². The van der Waals surface area contributed by atoms with Crippen LogP contribution in [0.2, 0.25) is 0 Å². The first kappa shape index (κ1) is 18.9. The van der Waals surface area contributed by atoms with Crippen LogP contribution < -0.4 is 10.6 Å². The number of hydrogen-bond donors (Lipinski definition) is 2. The molecule has 0 aliphatic carbocycles. The van der Waals surface area contributed by atoms with E-state index >= 15 is 0 Å². The van der Waals surface area contributed by atoms with Crippen LogP contribution in [0.5, 0.6) is 0 Å². The van der Waals surface area contributed by atoms with Crippen molar-refractivity contribution >= 4 is 17.8 Å². The highest BCUT2D eigenvalue weighted by Gasteiger charge is 2.40. The third kappa shape index (κ3) is 4.35. The smallest absolute Gasteiger partial charge is 0.325 e. The second-order valence-electron chi connectivity index (χ2n) is 6.94. The predicted molar refractivity (Wildman–Crippen MR) is 91.0 cm³/mol. The Kier molecular flexibility index (Phi) is 5.77. The zero-order valence-corrected chi connectivity index (χ0v) is 14.9. The van der Waals surface area contributed by atoms with Gasteiger partial charge in [0.2, 0.25) is 5.91 Å². The van der Waals surface area contributed by atoms with Crippen LogP contribution in [0, 0.1) is 17.7 Å². The van der Waals surface area contributed by atoms with Crippen LogP contribution in [-0.4, -0.2) is 35.3 Å². The Morgan fingerprint density at radius 3 is 2.28 bits per heavy atom. The minimum Gasteiger partial charge on any atom is -0.347 e. The van der Waals surface area contributed by atoms with Crippen molar-refractivity contribution in [3.05, 3.63) is 35.6 Å². The highest BCUT2D eigenvalue weighted by molar-refractivity contribution is 6.06. The summed E-state index contributed by atoms with van der Waals surface area (Å²) in [7, 11) is 0. The van der Waals surface area contributed by atoms with Crippen LogP contribution in [0.3, 0.4) is 0 Å². The molecule has 25 heavy (non-hydrogen) atoms. The summed E-state index contributed by atoms with van der Waals surface area (Å²) in [4.78, 5) is 37.5. The molecule has 2 unspecified atom stereocenters. The van der Waals surface area contributed by atoms with Crippen molar-refractivity contribution in [3.63, 3.8) is 0 Å². The molecule has 136 valence electrons. The van der Waals surface area contributed by atoms with Crippen molar-refractivity contribution in [1.82, 2.24) is 15.5 Å². The van der Waals surface area contributed by atoms with Crippen LogP contribution in [0.1, 0.15) is 39.3 Å². The van der Waals surface area contributed by atoms with Gasteiger partial charge in [-0.1, -0.05) is 39.8 Å². The van der Waals surface area contributed by atoms with Crippen molar-refractivity contribution in [2.24, 2.45) is 11.8 Å². The Balaban J connectivity index is 2.06. The van der Waals surface area contributed by atoms with E-state index in [9.17, 15) is 18.8 Å². The van der Waals surface area contributed by atoms with Gasteiger partial charge in [0.1, 0.15) is 18.4 Å². The lowest BCUT2D eigenvalue weighted by Gasteiger charge is -2.24. The minimum atomic E-state index is -0.599. The molecule has 0 bridgehead atoms. The van der Waals surface area contributed by atoms with E-state index in [1.165, 1.54) is 12.1 Å². The Morgan fingerprint density at radius 2 is 1.80 bits per heavy atom. The maximum absolute atomic E-state index is 13.1. The fraction of sp³-hybridized carbons (Fsp3) is 0.500. The first-order valence-corrected chi connectivity index (χ1v) is 8.37. The molecule has 7 heteroatoms. The second kappa shape index (κ2) is 7.63. The minimum absolute atomic E-state index is 0.0489. The fourth-order valence-corrected chi connectivity index (χ4v) is 2.81. The number of amides is 4. The molecule has 6 nitrogen and oxygen atoms in total. The molecule has 4 amide bonds. The monoisotopic (exact) mass is 349 g/mol. The van der Waals surface area contributed by atoms with Crippen LogP contribution in [0.4, 0.5) is 9.18 Å². The van der Waals surface area contributed by atoms with E-state index < -0.39 is 23.9 Å². The van der Waals surface area contributed by atoms with E-state index in [0.717, 1.165) is 10.5 Å². The molecule has 2 N–H and O–H groups in total. The summed E-state index contributed by atoms with van der Waals surface area (Å²) in [6.45, 7) is 7.18. The van der Waals surface area contributed by atoms with Crippen LogP contribution in [0.15, 0.2) is 24.3 Å².